The molecule has 0 fully saturated rings. The van der Waals surface area contributed by atoms with Crippen LogP contribution in [0.1, 0.15) is 26.3 Å². The zero-order valence-corrected chi connectivity index (χ0v) is 17.6. The molecular weight excluding hydrogens is 378 g/mol. The summed E-state index contributed by atoms with van der Waals surface area (Å²) < 4.78 is 6.84. The van der Waals surface area contributed by atoms with Gasteiger partial charge in [0.1, 0.15) is 12.1 Å². The van der Waals surface area contributed by atoms with Gasteiger partial charge in [-0.2, -0.15) is 0 Å². The summed E-state index contributed by atoms with van der Waals surface area (Å²) in [6.07, 6.45) is 2.38. The first kappa shape index (κ1) is 21.3. The first-order valence-electron chi connectivity index (χ1n) is 9.98. The molecule has 0 atom stereocenters. The zero-order valence-electron chi connectivity index (χ0n) is 17.6. The molecule has 156 valence electrons. The van der Waals surface area contributed by atoms with Crippen LogP contribution >= 0.6 is 0 Å². The molecule has 0 aliphatic carbocycles. The number of benzene rings is 2. The Kier molecular flexibility index (Phi) is 6.67. The lowest BCUT2D eigenvalue weighted by Gasteiger charge is -2.21. The highest BCUT2D eigenvalue weighted by molar-refractivity contribution is 5.71. The van der Waals surface area contributed by atoms with Crippen molar-refractivity contribution in [3.05, 3.63) is 82.8 Å². The second kappa shape index (κ2) is 9.39. The van der Waals surface area contributed by atoms with Crippen LogP contribution in [0.2, 0.25) is 0 Å². The lowest BCUT2D eigenvalue weighted by molar-refractivity contribution is -0.155. The lowest BCUT2D eigenvalue weighted by Crippen LogP contribution is -2.33. The Morgan fingerprint density at radius 3 is 2.30 bits per heavy atom. The van der Waals surface area contributed by atoms with Crippen LogP contribution in [0, 0.1) is 0 Å². The van der Waals surface area contributed by atoms with Gasteiger partial charge in [0.2, 0.25) is 0 Å². The Morgan fingerprint density at radius 2 is 1.67 bits per heavy atom. The van der Waals surface area contributed by atoms with Crippen molar-refractivity contribution in [1.29, 1.82) is 0 Å². The van der Waals surface area contributed by atoms with Gasteiger partial charge in [-0.15, -0.1) is 0 Å². The van der Waals surface area contributed by atoms with Crippen molar-refractivity contribution < 1.29 is 9.53 Å². The quantitative estimate of drug-likeness (QED) is 0.604. The Bertz CT molecular complexity index is 1040. The fourth-order valence-corrected chi connectivity index (χ4v) is 3.08. The Hall–Kier alpha value is -3.41. The van der Waals surface area contributed by atoms with E-state index in [1.54, 1.807) is 27.0 Å². The van der Waals surface area contributed by atoms with Gasteiger partial charge in [-0.1, -0.05) is 60.7 Å². The molecule has 0 amide bonds. The minimum absolute atomic E-state index is 0.184. The fraction of sp³-hybridized carbons (Fsp3) is 0.292. The number of anilines is 1. The summed E-state index contributed by atoms with van der Waals surface area (Å²) in [5, 5.41) is 3.11. The molecular formula is C24H27N3O3. The van der Waals surface area contributed by atoms with Crippen molar-refractivity contribution in [2.75, 3.05) is 11.9 Å². The molecule has 0 aliphatic heterocycles. The monoisotopic (exact) mass is 405 g/mol. The first-order chi connectivity index (χ1) is 14.3. The molecule has 30 heavy (non-hydrogen) atoms. The van der Waals surface area contributed by atoms with Gasteiger partial charge < -0.3 is 10.1 Å². The van der Waals surface area contributed by atoms with Gasteiger partial charge in [0.25, 0.3) is 5.56 Å². The normalized spacial score (nSPS) is 11.2. The minimum Gasteiger partial charge on any atom is -0.459 e. The molecule has 0 spiro atoms. The van der Waals surface area contributed by atoms with Gasteiger partial charge in [-0.25, -0.2) is 4.98 Å². The number of hydrogen-bond acceptors (Lipinski definition) is 5. The molecule has 1 heterocycles. The first-order valence-corrected chi connectivity index (χ1v) is 9.98. The van der Waals surface area contributed by atoms with Crippen molar-refractivity contribution in [1.82, 2.24) is 9.55 Å². The summed E-state index contributed by atoms with van der Waals surface area (Å²) in [7, 11) is 0. The summed E-state index contributed by atoms with van der Waals surface area (Å²) in [4.78, 5) is 29.9. The molecule has 0 bridgehead atoms. The number of carbonyl (C=O) groups excluding carboxylic acids is 1. The van der Waals surface area contributed by atoms with Gasteiger partial charge in [0.05, 0.1) is 11.9 Å². The minimum atomic E-state index is -0.628. The van der Waals surface area contributed by atoms with Crippen molar-refractivity contribution in [3.63, 3.8) is 0 Å². The Labute approximate surface area is 176 Å². The van der Waals surface area contributed by atoms with E-state index in [4.69, 9.17) is 4.74 Å². The molecule has 0 unspecified atom stereocenters. The van der Waals surface area contributed by atoms with Gasteiger partial charge in [-0.05, 0) is 38.3 Å². The van der Waals surface area contributed by atoms with E-state index in [-0.39, 0.29) is 17.9 Å². The van der Waals surface area contributed by atoms with Gasteiger partial charge >= 0.3 is 5.97 Å². The van der Waals surface area contributed by atoms with E-state index in [9.17, 15) is 9.59 Å². The summed E-state index contributed by atoms with van der Waals surface area (Å²) in [6.45, 7) is 5.78. The summed E-state index contributed by atoms with van der Waals surface area (Å²) in [6, 6.07) is 19.4. The van der Waals surface area contributed by atoms with E-state index in [0.717, 1.165) is 12.0 Å². The van der Waals surface area contributed by atoms with E-state index in [2.05, 4.69) is 10.3 Å². The lowest BCUT2D eigenvalue weighted by atomic mass is 10.1. The number of esters is 1. The van der Waals surface area contributed by atoms with Crippen LogP contribution in [0.15, 0.2) is 71.7 Å². The fourth-order valence-electron chi connectivity index (χ4n) is 3.08. The predicted octanol–water partition coefficient (Wildman–Crippen LogP) is 3.91. The number of nitrogens with zero attached hydrogens (tertiary/aromatic N) is 2. The van der Waals surface area contributed by atoms with Crippen molar-refractivity contribution in [2.45, 2.75) is 39.3 Å². The Balaban J connectivity index is 1.86. The summed E-state index contributed by atoms with van der Waals surface area (Å²) in [5.74, 6) is -0.252. The molecule has 6 nitrogen and oxygen atoms in total. The maximum atomic E-state index is 13.1. The maximum Gasteiger partial charge on any atom is 0.326 e. The number of ether oxygens (including phenoxy) is 1. The molecule has 0 aliphatic rings. The number of carbonyl (C=O) groups is 1. The van der Waals surface area contributed by atoms with Crippen LogP contribution in [0.4, 0.5) is 5.82 Å². The molecule has 0 radical (unpaired) electrons. The molecule has 6 heteroatoms. The van der Waals surface area contributed by atoms with Crippen LogP contribution in [-0.2, 0) is 22.5 Å². The van der Waals surface area contributed by atoms with Crippen LogP contribution in [0.25, 0.3) is 11.3 Å². The third-order valence-electron chi connectivity index (χ3n) is 4.38. The third kappa shape index (κ3) is 5.80. The van der Waals surface area contributed by atoms with Crippen LogP contribution < -0.4 is 10.9 Å². The predicted molar refractivity (Wildman–Crippen MR) is 118 cm³/mol. The third-order valence-corrected chi connectivity index (χ3v) is 4.38. The number of hydrogen-bond donors (Lipinski definition) is 1. The average Bonchev–Trinajstić information content (AvgIpc) is 2.71. The molecule has 3 aromatic rings. The zero-order chi connectivity index (χ0) is 21.6. The van der Waals surface area contributed by atoms with Crippen molar-refractivity contribution >= 4 is 11.8 Å². The van der Waals surface area contributed by atoms with Gasteiger partial charge in [0, 0.05) is 6.54 Å². The Morgan fingerprint density at radius 1 is 1.03 bits per heavy atom. The average molecular weight is 405 g/mol. The highest BCUT2D eigenvalue weighted by Gasteiger charge is 2.20. The van der Waals surface area contributed by atoms with E-state index in [0.29, 0.717) is 12.2 Å². The summed E-state index contributed by atoms with van der Waals surface area (Å²) >= 11 is 0. The van der Waals surface area contributed by atoms with E-state index in [1.807, 2.05) is 60.7 Å². The second-order valence-corrected chi connectivity index (χ2v) is 8.00. The topological polar surface area (TPSA) is 73.2 Å². The number of nitrogens with one attached hydrogen (secondary N) is 1. The van der Waals surface area contributed by atoms with Crippen molar-refractivity contribution in [3.8, 4) is 11.3 Å². The van der Waals surface area contributed by atoms with E-state index in [1.165, 1.54) is 10.1 Å². The van der Waals surface area contributed by atoms with Crippen LogP contribution in [-0.4, -0.2) is 27.7 Å². The largest absolute Gasteiger partial charge is 0.459 e. The van der Waals surface area contributed by atoms with Crippen LogP contribution in [0.5, 0.6) is 0 Å². The van der Waals surface area contributed by atoms with Crippen molar-refractivity contribution in [2.24, 2.45) is 0 Å². The SMILES string of the molecule is CC(C)(C)OC(=O)Cn1c(-c2ccccc2)cnc(NCCc2ccccc2)c1=O. The van der Waals surface area contributed by atoms with Crippen LogP contribution in [0.3, 0.4) is 0 Å². The number of rotatable bonds is 7. The number of aromatic nitrogens is 2. The molecule has 1 N–H and O–H groups in total. The van der Waals surface area contributed by atoms with E-state index >= 15 is 0 Å². The highest BCUT2D eigenvalue weighted by Crippen LogP contribution is 2.18. The second-order valence-electron chi connectivity index (χ2n) is 8.00. The van der Waals surface area contributed by atoms with Gasteiger partial charge in [0.15, 0.2) is 5.82 Å². The molecule has 1 aromatic heterocycles. The smallest absolute Gasteiger partial charge is 0.326 e. The maximum absolute atomic E-state index is 13.1. The standard InChI is InChI=1S/C24H27N3O3/c1-24(2,3)30-21(28)17-27-20(19-12-8-5-9-13-19)16-26-22(23(27)29)25-15-14-18-10-6-4-7-11-18/h4-13,16H,14-15,17H2,1-3H3,(H,25,26). The molecule has 3 rings (SSSR count). The summed E-state index contributed by atoms with van der Waals surface area (Å²) in [5.41, 5.74) is 1.56. The van der Waals surface area contributed by atoms with Gasteiger partial charge in [-0.3, -0.25) is 14.2 Å². The molecule has 2 aromatic carbocycles. The van der Waals surface area contributed by atoms with E-state index < -0.39 is 11.6 Å². The highest BCUT2D eigenvalue weighted by atomic mass is 16.6. The molecule has 0 saturated heterocycles. The molecule has 0 saturated carbocycles.